The third-order valence-corrected chi connectivity index (χ3v) is 3.95. The first kappa shape index (κ1) is 10.2. The average molecular weight is 251 g/mol. The highest BCUT2D eigenvalue weighted by Gasteiger charge is 2.18. The average Bonchev–Trinajstić information content (AvgIpc) is 2.73. The Morgan fingerprint density at radius 1 is 0.722 bits per heavy atom. The molecule has 0 fully saturated rings. The lowest BCUT2D eigenvalue weighted by atomic mass is 10.0. The van der Waals surface area contributed by atoms with Gasteiger partial charge in [-0.3, -0.25) is 0 Å². The fourth-order valence-electron chi connectivity index (χ4n) is 2.86. The number of fused-ring (bicyclic) bond motifs is 4. The zero-order valence-corrected chi connectivity index (χ0v) is 10.5. The molecule has 18 heavy (non-hydrogen) atoms. The molecule has 0 N–H and O–H groups in total. The first-order valence-corrected chi connectivity index (χ1v) is 6.49. The summed E-state index contributed by atoms with van der Waals surface area (Å²) in [7, 11) is 0. The molecule has 86 valence electrons. The van der Waals surface area contributed by atoms with Crippen LogP contribution < -0.4 is 0 Å². The summed E-state index contributed by atoms with van der Waals surface area (Å²) in [6.45, 7) is 0. The van der Waals surface area contributed by atoms with Gasteiger partial charge in [-0.1, -0.05) is 48.0 Å². The molecule has 3 aromatic rings. The van der Waals surface area contributed by atoms with Gasteiger partial charge >= 0.3 is 0 Å². The van der Waals surface area contributed by atoms with E-state index in [1.54, 1.807) is 0 Å². The van der Waals surface area contributed by atoms with E-state index in [9.17, 15) is 0 Å². The van der Waals surface area contributed by atoms with Crippen molar-refractivity contribution in [3.63, 3.8) is 0 Å². The van der Waals surface area contributed by atoms with Crippen LogP contribution in [-0.2, 0) is 6.42 Å². The summed E-state index contributed by atoms with van der Waals surface area (Å²) in [6, 6.07) is 19.3. The zero-order chi connectivity index (χ0) is 12.1. The molecule has 0 spiro atoms. The van der Waals surface area contributed by atoms with E-state index in [1.165, 1.54) is 33.0 Å². The minimum atomic E-state index is 0.804. The second-order valence-electron chi connectivity index (χ2n) is 4.83. The van der Waals surface area contributed by atoms with Gasteiger partial charge in [-0.2, -0.15) is 0 Å². The quantitative estimate of drug-likeness (QED) is 0.409. The monoisotopic (exact) mass is 250 g/mol. The molecule has 0 aliphatic heterocycles. The number of rotatable bonds is 0. The van der Waals surface area contributed by atoms with Gasteiger partial charge in [0.15, 0.2) is 0 Å². The van der Waals surface area contributed by atoms with Crippen molar-refractivity contribution in [2.24, 2.45) is 0 Å². The van der Waals surface area contributed by atoms with E-state index in [0.29, 0.717) is 0 Å². The fourth-order valence-corrected chi connectivity index (χ4v) is 3.04. The lowest BCUT2D eigenvalue weighted by Crippen LogP contribution is -1.81. The van der Waals surface area contributed by atoms with E-state index in [2.05, 4.69) is 42.5 Å². The molecule has 0 saturated heterocycles. The van der Waals surface area contributed by atoms with Crippen molar-refractivity contribution < 1.29 is 0 Å². The second-order valence-corrected chi connectivity index (χ2v) is 5.27. The molecular weight excluding hydrogens is 240 g/mol. The second kappa shape index (κ2) is 3.60. The summed E-state index contributed by atoms with van der Waals surface area (Å²) >= 11 is 6.06. The highest BCUT2D eigenvalue weighted by molar-refractivity contribution is 6.31. The molecule has 0 aromatic heterocycles. The van der Waals surface area contributed by atoms with Crippen LogP contribution in [0.3, 0.4) is 0 Å². The minimum Gasteiger partial charge on any atom is -0.0843 e. The van der Waals surface area contributed by atoms with Gasteiger partial charge in [-0.05, 0) is 57.6 Å². The van der Waals surface area contributed by atoms with Gasteiger partial charge in [-0.15, -0.1) is 0 Å². The molecule has 0 amide bonds. The van der Waals surface area contributed by atoms with Crippen LogP contribution in [0.15, 0.2) is 54.6 Å². The molecule has 3 aromatic carbocycles. The predicted octanol–water partition coefficient (Wildman–Crippen LogP) is 5.06. The molecule has 0 unspecified atom stereocenters. The maximum Gasteiger partial charge on any atom is 0.0412 e. The maximum atomic E-state index is 6.06. The summed E-state index contributed by atoms with van der Waals surface area (Å²) in [4.78, 5) is 0. The Kier molecular flexibility index (Phi) is 2.03. The Bertz CT molecular complexity index is 772. The molecule has 0 nitrogen and oxygen atoms in total. The van der Waals surface area contributed by atoms with Crippen LogP contribution in [0.2, 0.25) is 5.02 Å². The van der Waals surface area contributed by atoms with Crippen molar-refractivity contribution in [1.82, 2.24) is 0 Å². The standard InChI is InChI=1S/C17H11Cl/c18-15-6-5-11-10-17-14(8-13(11)9-15)7-12-3-1-2-4-16(12)17/h1-6,8-10H,7H2. The molecule has 0 saturated carbocycles. The van der Waals surface area contributed by atoms with Gasteiger partial charge in [0.05, 0.1) is 0 Å². The summed E-state index contributed by atoms with van der Waals surface area (Å²) in [6.07, 6.45) is 1.04. The molecule has 0 bridgehead atoms. The van der Waals surface area contributed by atoms with Crippen molar-refractivity contribution in [3.05, 3.63) is 70.7 Å². The summed E-state index contributed by atoms with van der Waals surface area (Å²) in [5, 5.41) is 3.29. The van der Waals surface area contributed by atoms with E-state index < -0.39 is 0 Å². The third kappa shape index (κ3) is 1.39. The van der Waals surface area contributed by atoms with Crippen molar-refractivity contribution in [2.75, 3.05) is 0 Å². The van der Waals surface area contributed by atoms with E-state index in [-0.39, 0.29) is 0 Å². The topological polar surface area (TPSA) is 0 Å². The van der Waals surface area contributed by atoms with Crippen molar-refractivity contribution in [3.8, 4) is 11.1 Å². The summed E-state index contributed by atoms with van der Waals surface area (Å²) in [5.74, 6) is 0. The van der Waals surface area contributed by atoms with Gasteiger partial charge in [0.2, 0.25) is 0 Å². The van der Waals surface area contributed by atoms with Crippen LogP contribution in [0.25, 0.3) is 21.9 Å². The molecule has 1 heteroatoms. The summed E-state index contributed by atoms with van der Waals surface area (Å²) in [5.41, 5.74) is 5.59. The largest absolute Gasteiger partial charge is 0.0843 e. The lowest BCUT2D eigenvalue weighted by molar-refractivity contribution is 1.27. The lowest BCUT2D eigenvalue weighted by Gasteiger charge is -2.04. The van der Waals surface area contributed by atoms with Crippen molar-refractivity contribution in [2.45, 2.75) is 6.42 Å². The van der Waals surface area contributed by atoms with Gasteiger partial charge < -0.3 is 0 Å². The highest BCUT2D eigenvalue weighted by Crippen LogP contribution is 2.38. The number of halogens is 1. The van der Waals surface area contributed by atoms with Gasteiger partial charge in [0.25, 0.3) is 0 Å². The van der Waals surface area contributed by atoms with Crippen LogP contribution in [0.1, 0.15) is 11.1 Å². The Labute approximate surface area is 111 Å². The molecule has 4 rings (SSSR count). The first-order chi connectivity index (χ1) is 8.81. The van der Waals surface area contributed by atoms with Crippen LogP contribution in [0.5, 0.6) is 0 Å². The summed E-state index contributed by atoms with van der Waals surface area (Å²) < 4.78 is 0. The maximum absolute atomic E-state index is 6.06. The molecule has 1 aliphatic carbocycles. The van der Waals surface area contributed by atoms with Gasteiger partial charge in [0, 0.05) is 5.02 Å². The fraction of sp³-hybridized carbons (Fsp3) is 0.0588. The van der Waals surface area contributed by atoms with Crippen LogP contribution in [0, 0.1) is 0 Å². The SMILES string of the molecule is Clc1ccc2cc3c(cc2c1)Cc1ccccc1-3. The highest BCUT2D eigenvalue weighted by atomic mass is 35.5. The third-order valence-electron chi connectivity index (χ3n) is 3.71. The van der Waals surface area contributed by atoms with Gasteiger partial charge in [-0.25, -0.2) is 0 Å². The van der Waals surface area contributed by atoms with E-state index in [4.69, 9.17) is 11.6 Å². The first-order valence-electron chi connectivity index (χ1n) is 6.12. The van der Waals surface area contributed by atoms with Crippen LogP contribution >= 0.6 is 11.6 Å². The number of hydrogen-bond donors (Lipinski definition) is 0. The van der Waals surface area contributed by atoms with Crippen molar-refractivity contribution in [1.29, 1.82) is 0 Å². The van der Waals surface area contributed by atoms with E-state index >= 15 is 0 Å². The van der Waals surface area contributed by atoms with E-state index in [1.807, 2.05) is 12.1 Å². The minimum absolute atomic E-state index is 0.804. The number of benzene rings is 3. The molecule has 1 aliphatic rings. The van der Waals surface area contributed by atoms with Crippen molar-refractivity contribution >= 4 is 22.4 Å². The molecular formula is C17H11Cl. The predicted molar refractivity (Wildman–Crippen MR) is 77.2 cm³/mol. The van der Waals surface area contributed by atoms with Gasteiger partial charge in [0.1, 0.15) is 0 Å². The normalized spacial score (nSPS) is 12.5. The Hall–Kier alpha value is -1.79. The molecule has 0 heterocycles. The molecule has 0 radical (unpaired) electrons. The van der Waals surface area contributed by atoms with Crippen LogP contribution in [-0.4, -0.2) is 0 Å². The molecule has 0 atom stereocenters. The Morgan fingerprint density at radius 3 is 2.56 bits per heavy atom. The van der Waals surface area contributed by atoms with E-state index in [0.717, 1.165) is 11.4 Å². The zero-order valence-electron chi connectivity index (χ0n) is 9.78. The Balaban J connectivity index is 2.04. The van der Waals surface area contributed by atoms with Crippen LogP contribution in [0.4, 0.5) is 0 Å². The number of hydrogen-bond acceptors (Lipinski definition) is 0. The Morgan fingerprint density at radius 2 is 1.61 bits per heavy atom. The smallest absolute Gasteiger partial charge is 0.0412 e.